The maximum atomic E-state index is 12.3. The second-order valence-corrected chi connectivity index (χ2v) is 7.09. The third-order valence-corrected chi connectivity index (χ3v) is 4.66. The molecule has 1 aromatic rings. The first-order valence-electron chi connectivity index (χ1n) is 7.51. The Morgan fingerprint density at radius 3 is 2.62 bits per heavy atom. The van der Waals surface area contributed by atoms with Crippen molar-refractivity contribution in [1.82, 2.24) is 4.90 Å². The Morgan fingerprint density at radius 1 is 1.33 bits per heavy atom. The third-order valence-electron chi connectivity index (χ3n) is 4.38. The van der Waals surface area contributed by atoms with Crippen LogP contribution in [0.15, 0.2) is 30.3 Å². The number of benzene rings is 1. The van der Waals surface area contributed by atoms with Crippen LogP contribution in [0.25, 0.3) is 0 Å². The molecule has 0 radical (unpaired) electrons. The number of amides is 1. The smallest absolute Gasteiger partial charge is 0.222 e. The van der Waals surface area contributed by atoms with E-state index in [2.05, 4.69) is 13.8 Å². The van der Waals surface area contributed by atoms with Gasteiger partial charge in [0.15, 0.2) is 0 Å². The Bertz CT molecular complexity index is 513. The number of nitrogens with two attached hydrogens (primary N) is 1. The van der Waals surface area contributed by atoms with E-state index in [0.29, 0.717) is 18.0 Å². The minimum atomic E-state index is -0.0636. The lowest BCUT2D eigenvalue weighted by Crippen LogP contribution is -2.38. The normalized spacial score (nSPS) is 19.9. The van der Waals surface area contributed by atoms with Gasteiger partial charge in [0.25, 0.3) is 0 Å². The van der Waals surface area contributed by atoms with Crippen molar-refractivity contribution >= 4 is 23.1 Å². The molecule has 4 heteroatoms. The van der Waals surface area contributed by atoms with E-state index in [9.17, 15) is 4.79 Å². The van der Waals surface area contributed by atoms with Crippen molar-refractivity contribution in [3.8, 4) is 0 Å². The molecule has 1 unspecified atom stereocenters. The summed E-state index contributed by atoms with van der Waals surface area (Å²) in [4.78, 5) is 14.7. The van der Waals surface area contributed by atoms with Gasteiger partial charge >= 0.3 is 0 Å². The van der Waals surface area contributed by atoms with Gasteiger partial charge in [0, 0.05) is 19.5 Å². The van der Waals surface area contributed by atoms with Crippen LogP contribution < -0.4 is 5.73 Å². The summed E-state index contributed by atoms with van der Waals surface area (Å²) in [5, 5.41) is 0. The number of carbonyl (C=O) groups is 1. The van der Waals surface area contributed by atoms with Crippen LogP contribution in [0.1, 0.15) is 44.6 Å². The molecule has 2 N–H and O–H groups in total. The van der Waals surface area contributed by atoms with Crippen molar-refractivity contribution in [2.75, 3.05) is 13.1 Å². The molecule has 0 aliphatic carbocycles. The van der Waals surface area contributed by atoms with E-state index in [4.69, 9.17) is 18.0 Å². The zero-order valence-electron chi connectivity index (χ0n) is 12.8. The second-order valence-electron chi connectivity index (χ2n) is 6.62. The van der Waals surface area contributed by atoms with Crippen molar-refractivity contribution in [2.24, 2.45) is 11.1 Å². The minimum Gasteiger partial charge on any atom is -0.393 e. The molecule has 114 valence electrons. The SMILES string of the molecule is CC1(C)CCC(=O)N(CC(C(N)=S)c2ccccc2)CC1. The van der Waals surface area contributed by atoms with Gasteiger partial charge in [0.2, 0.25) is 5.91 Å². The van der Waals surface area contributed by atoms with Crippen LogP contribution in [0.2, 0.25) is 0 Å². The van der Waals surface area contributed by atoms with Crippen LogP contribution >= 0.6 is 12.2 Å². The summed E-state index contributed by atoms with van der Waals surface area (Å²) in [5.41, 5.74) is 7.23. The molecule has 2 rings (SSSR count). The lowest BCUT2D eigenvalue weighted by molar-refractivity contribution is -0.130. The Hall–Kier alpha value is -1.42. The van der Waals surface area contributed by atoms with E-state index in [1.807, 2.05) is 35.2 Å². The maximum absolute atomic E-state index is 12.3. The highest BCUT2D eigenvalue weighted by atomic mass is 32.1. The van der Waals surface area contributed by atoms with Gasteiger partial charge in [-0.05, 0) is 23.8 Å². The van der Waals surface area contributed by atoms with E-state index >= 15 is 0 Å². The lowest BCUT2D eigenvalue weighted by atomic mass is 9.85. The van der Waals surface area contributed by atoms with E-state index in [-0.39, 0.29) is 17.2 Å². The van der Waals surface area contributed by atoms with Crippen molar-refractivity contribution in [1.29, 1.82) is 0 Å². The summed E-state index contributed by atoms with van der Waals surface area (Å²) < 4.78 is 0. The number of rotatable bonds is 4. The molecule has 1 heterocycles. The molecule has 0 bridgehead atoms. The number of nitrogens with zero attached hydrogens (tertiary/aromatic N) is 1. The molecule has 1 aromatic carbocycles. The Labute approximate surface area is 132 Å². The van der Waals surface area contributed by atoms with E-state index in [0.717, 1.165) is 24.9 Å². The predicted molar refractivity (Wildman–Crippen MR) is 90.2 cm³/mol. The summed E-state index contributed by atoms with van der Waals surface area (Å²) in [6.45, 7) is 5.84. The van der Waals surface area contributed by atoms with Gasteiger partial charge in [-0.1, -0.05) is 56.4 Å². The van der Waals surface area contributed by atoms with Crippen LogP contribution in [0.4, 0.5) is 0 Å². The summed E-state index contributed by atoms with van der Waals surface area (Å²) in [5.74, 6) is 0.157. The average molecular weight is 304 g/mol. The minimum absolute atomic E-state index is 0.0636. The summed E-state index contributed by atoms with van der Waals surface area (Å²) in [6, 6.07) is 9.98. The van der Waals surface area contributed by atoms with Crippen molar-refractivity contribution < 1.29 is 4.79 Å². The molecule has 1 atom stereocenters. The largest absolute Gasteiger partial charge is 0.393 e. The number of likely N-dealkylation sites (tertiary alicyclic amines) is 1. The van der Waals surface area contributed by atoms with Gasteiger partial charge in [-0.3, -0.25) is 4.79 Å². The molecule has 0 spiro atoms. The molecule has 1 amide bonds. The molecule has 3 nitrogen and oxygen atoms in total. The second kappa shape index (κ2) is 6.56. The van der Waals surface area contributed by atoms with Crippen LogP contribution in [0, 0.1) is 5.41 Å². The standard InChI is InChI=1S/C17H24N2OS/c1-17(2)9-8-15(20)19(11-10-17)12-14(16(18)21)13-6-4-3-5-7-13/h3-7,14H,8-12H2,1-2H3,(H2,18,21). The topological polar surface area (TPSA) is 46.3 Å². The fourth-order valence-electron chi connectivity index (χ4n) is 2.75. The van der Waals surface area contributed by atoms with Crippen molar-refractivity contribution in [3.63, 3.8) is 0 Å². The quantitative estimate of drug-likeness (QED) is 0.870. The highest BCUT2D eigenvalue weighted by molar-refractivity contribution is 7.80. The zero-order chi connectivity index (χ0) is 15.5. The average Bonchev–Trinajstić information content (AvgIpc) is 2.57. The van der Waals surface area contributed by atoms with Crippen molar-refractivity contribution in [2.45, 2.75) is 39.0 Å². The molecule has 0 aromatic heterocycles. The van der Waals surface area contributed by atoms with E-state index in [1.165, 1.54) is 0 Å². The van der Waals surface area contributed by atoms with Gasteiger partial charge in [0.1, 0.15) is 0 Å². The van der Waals surface area contributed by atoms with Gasteiger partial charge in [-0.2, -0.15) is 0 Å². The van der Waals surface area contributed by atoms with Crippen LogP contribution in [0.5, 0.6) is 0 Å². The Morgan fingerprint density at radius 2 is 2.00 bits per heavy atom. The molecule has 1 saturated heterocycles. The fraction of sp³-hybridized carbons (Fsp3) is 0.529. The molecule has 1 aliphatic heterocycles. The summed E-state index contributed by atoms with van der Waals surface area (Å²) >= 11 is 5.22. The van der Waals surface area contributed by atoms with Crippen LogP contribution in [0.3, 0.4) is 0 Å². The molecular formula is C17H24N2OS. The monoisotopic (exact) mass is 304 g/mol. The lowest BCUT2D eigenvalue weighted by Gasteiger charge is -2.27. The number of carbonyl (C=O) groups excluding carboxylic acids is 1. The molecule has 21 heavy (non-hydrogen) atoms. The fourth-order valence-corrected chi connectivity index (χ4v) is 2.96. The molecular weight excluding hydrogens is 280 g/mol. The van der Waals surface area contributed by atoms with Gasteiger partial charge in [-0.25, -0.2) is 0 Å². The molecule has 1 aliphatic rings. The highest BCUT2D eigenvalue weighted by Gasteiger charge is 2.29. The first-order valence-corrected chi connectivity index (χ1v) is 7.92. The van der Waals surface area contributed by atoms with Gasteiger partial charge < -0.3 is 10.6 Å². The van der Waals surface area contributed by atoms with Gasteiger partial charge in [-0.15, -0.1) is 0 Å². The maximum Gasteiger partial charge on any atom is 0.222 e. The molecule has 1 fully saturated rings. The Balaban J connectivity index is 2.13. The van der Waals surface area contributed by atoms with E-state index < -0.39 is 0 Å². The number of hydrogen-bond acceptors (Lipinski definition) is 2. The number of thiocarbonyl (C=S) groups is 1. The first kappa shape index (κ1) is 16.0. The molecule has 0 saturated carbocycles. The van der Waals surface area contributed by atoms with Gasteiger partial charge in [0.05, 0.1) is 10.9 Å². The van der Waals surface area contributed by atoms with Crippen molar-refractivity contribution in [3.05, 3.63) is 35.9 Å². The predicted octanol–water partition coefficient (Wildman–Crippen LogP) is 3.10. The Kier molecular flexibility index (Phi) is 4.99. The summed E-state index contributed by atoms with van der Waals surface area (Å²) in [7, 11) is 0. The first-order chi connectivity index (χ1) is 9.89. The zero-order valence-corrected chi connectivity index (χ0v) is 13.7. The number of hydrogen-bond donors (Lipinski definition) is 1. The highest BCUT2D eigenvalue weighted by Crippen LogP contribution is 2.31. The van der Waals surface area contributed by atoms with E-state index in [1.54, 1.807) is 0 Å². The van der Waals surface area contributed by atoms with Crippen LogP contribution in [-0.2, 0) is 4.79 Å². The van der Waals surface area contributed by atoms with Crippen LogP contribution in [-0.4, -0.2) is 28.9 Å². The third kappa shape index (κ3) is 4.27. The summed E-state index contributed by atoms with van der Waals surface area (Å²) in [6.07, 6.45) is 2.59.